The molecule has 0 aromatic heterocycles. The molecule has 0 aliphatic rings. The quantitative estimate of drug-likeness (QED) is 0.179. The van der Waals surface area contributed by atoms with Crippen LogP contribution in [0.2, 0.25) is 5.02 Å². The number of carbonyl (C=O) groups is 2. The molecule has 1 atom stereocenters. The Morgan fingerprint density at radius 2 is 1.61 bits per heavy atom. The van der Waals surface area contributed by atoms with Crippen molar-refractivity contribution < 1.29 is 14.3 Å². The van der Waals surface area contributed by atoms with Gasteiger partial charge in [-0.3, -0.25) is 9.59 Å². The molecule has 38 heavy (non-hydrogen) atoms. The summed E-state index contributed by atoms with van der Waals surface area (Å²) in [6.07, 6.45) is 2.30. The van der Waals surface area contributed by atoms with Crippen LogP contribution < -0.4 is 10.1 Å². The third-order valence-electron chi connectivity index (χ3n) is 6.07. The van der Waals surface area contributed by atoms with Crippen molar-refractivity contribution in [3.8, 4) is 11.9 Å². The average molecular weight is 527 g/mol. The smallest absolute Gasteiger partial charge is 0.264 e. The lowest BCUT2D eigenvalue weighted by Gasteiger charge is -2.30. The van der Waals surface area contributed by atoms with Crippen molar-refractivity contribution in [3.63, 3.8) is 0 Å². The number of hydrogen-bond acceptors (Lipinski definition) is 5. The molecule has 0 aliphatic heterocycles. The Kier molecular flexibility index (Phi) is 8.81. The molecule has 8 heteroatoms. The maximum absolute atomic E-state index is 13.5. The lowest BCUT2D eigenvalue weighted by atomic mass is 10.1. The van der Waals surface area contributed by atoms with E-state index in [-0.39, 0.29) is 19.6 Å². The van der Waals surface area contributed by atoms with Crippen molar-refractivity contribution in [2.24, 2.45) is 0 Å². The van der Waals surface area contributed by atoms with Crippen LogP contribution >= 0.6 is 11.6 Å². The number of likely N-dealkylation sites (N-methyl/N-ethyl adjacent to an activating group) is 1. The molecule has 2 amide bonds. The van der Waals surface area contributed by atoms with Gasteiger partial charge in [0.2, 0.25) is 0 Å². The maximum atomic E-state index is 13.5. The number of hydrazine groups is 1. The maximum Gasteiger partial charge on any atom is 0.264 e. The van der Waals surface area contributed by atoms with Crippen LogP contribution in [0.5, 0.6) is 5.75 Å². The Balaban J connectivity index is 1.47. The summed E-state index contributed by atoms with van der Waals surface area (Å²) in [5.41, 5.74) is 1.68. The van der Waals surface area contributed by atoms with E-state index < -0.39 is 17.9 Å². The van der Waals surface area contributed by atoms with E-state index in [1.54, 1.807) is 30.3 Å². The highest BCUT2D eigenvalue weighted by molar-refractivity contribution is 6.30. The first kappa shape index (κ1) is 26.5. The van der Waals surface area contributed by atoms with Gasteiger partial charge >= 0.3 is 0 Å². The third-order valence-corrected chi connectivity index (χ3v) is 6.32. The van der Waals surface area contributed by atoms with Gasteiger partial charge in [-0.15, -0.1) is 0 Å². The molecule has 4 aromatic carbocycles. The number of carbonyl (C=O) groups excluding carboxylic acids is 2. The number of rotatable bonds is 10. The first-order valence-corrected chi connectivity index (χ1v) is 12.5. The minimum atomic E-state index is -0.910. The molecule has 0 aliphatic carbocycles. The van der Waals surface area contributed by atoms with E-state index in [4.69, 9.17) is 16.3 Å². The summed E-state index contributed by atoms with van der Waals surface area (Å²) in [4.78, 5) is 26.5. The van der Waals surface area contributed by atoms with Crippen LogP contribution in [0.25, 0.3) is 10.8 Å². The average Bonchev–Trinajstić information content (AvgIpc) is 2.95. The highest BCUT2D eigenvalue weighted by Gasteiger charge is 2.28. The second-order valence-electron chi connectivity index (χ2n) is 8.72. The van der Waals surface area contributed by atoms with Gasteiger partial charge in [0.25, 0.3) is 11.8 Å². The second kappa shape index (κ2) is 12.6. The summed E-state index contributed by atoms with van der Waals surface area (Å²) >= 11 is 5.96. The molecular weight excluding hydrogens is 500 g/mol. The van der Waals surface area contributed by atoms with Crippen LogP contribution in [-0.2, 0) is 22.6 Å². The number of amides is 2. The number of fused-ring (bicyclic) bond motifs is 1. The van der Waals surface area contributed by atoms with Gasteiger partial charge in [-0.1, -0.05) is 90.5 Å². The molecule has 4 rings (SSSR count). The predicted octanol–water partition coefficient (Wildman–Crippen LogP) is 4.96. The molecule has 0 saturated heterocycles. The predicted molar refractivity (Wildman–Crippen MR) is 147 cm³/mol. The van der Waals surface area contributed by atoms with Crippen LogP contribution in [0.15, 0.2) is 97.1 Å². The number of ether oxygens (including phenoxy) is 1. The molecule has 0 spiro atoms. The largest absolute Gasteiger partial charge is 0.483 e. The lowest BCUT2D eigenvalue weighted by molar-refractivity contribution is -0.146. The zero-order valence-electron chi connectivity index (χ0n) is 20.9. The van der Waals surface area contributed by atoms with Crippen molar-refractivity contribution in [1.82, 2.24) is 15.3 Å². The fourth-order valence-electron chi connectivity index (χ4n) is 4.07. The SMILES string of the molecule is CN(C(=O)[C@H](Cc1ccccc1)NC(=O)COc1cccc2ccccc12)N(C#N)Cc1ccc(Cl)cc1. The van der Waals surface area contributed by atoms with E-state index in [1.807, 2.05) is 72.9 Å². The van der Waals surface area contributed by atoms with Gasteiger partial charge in [0.15, 0.2) is 12.8 Å². The topological polar surface area (TPSA) is 85.7 Å². The zero-order valence-corrected chi connectivity index (χ0v) is 21.6. The molecule has 7 nitrogen and oxygen atoms in total. The van der Waals surface area contributed by atoms with Crippen LogP contribution in [0, 0.1) is 11.5 Å². The summed E-state index contributed by atoms with van der Waals surface area (Å²) < 4.78 is 5.82. The monoisotopic (exact) mass is 526 g/mol. The van der Waals surface area contributed by atoms with Crippen molar-refractivity contribution >= 4 is 34.2 Å². The van der Waals surface area contributed by atoms with Crippen molar-refractivity contribution in [3.05, 3.63) is 113 Å². The Hall–Kier alpha value is -4.54. The van der Waals surface area contributed by atoms with E-state index in [0.29, 0.717) is 10.8 Å². The number of nitrogens with one attached hydrogen (secondary N) is 1. The van der Waals surface area contributed by atoms with Gasteiger partial charge in [0, 0.05) is 23.9 Å². The van der Waals surface area contributed by atoms with E-state index in [9.17, 15) is 14.9 Å². The van der Waals surface area contributed by atoms with Gasteiger partial charge in [0.1, 0.15) is 11.8 Å². The number of benzene rings is 4. The molecule has 0 heterocycles. The van der Waals surface area contributed by atoms with Gasteiger partial charge in [-0.25, -0.2) is 10.0 Å². The summed E-state index contributed by atoms with van der Waals surface area (Å²) in [6, 6.07) is 28.9. The Morgan fingerprint density at radius 3 is 2.34 bits per heavy atom. The highest BCUT2D eigenvalue weighted by Crippen LogP contribution is 2.25. The van der Waals surface area contributed by atoms with Crippen molar-refractivity contribution in [2.45, 2.75) is 19.0 Å². The van der Waals surface area contributed by atoms with Gasteiger partial charge in [-0.05, 0) is 34.7 Å². The number of nitriles is 1. The number of hydrogen-bond donors (Lipinski definition) is 1. The molecule has 0 fully saturated rings. The standard InChI is InChI=1S/C30H27ClN4O3/c1-34(35(21-32)19-23-14-16-25(31)17-15-23)30(37)27(18-22-8-3-2-4-9-22)33-29(36)20-38-28-13-7-11-24-10-5-6-12-26(24)28/h2-17,27H,18-20H2,1H3,(H,33,36)/t27-/m0/s1. The molecule has 0 bridgehead atoms. The van der Waals surface area contributed by atoms with Gasteiger partial charge < -0.3 is 10.1 Å². The Bertz CT molecular complexity index is 1430. The lowest BCUT2D eigenvalue weighted by Crippen LogP contribution is -2.53. The van der Waals surface area contributed by atoms with Gasteiger partial charge in [-0.2, -0.15) is 5.26 Å². The summed E-state index contributed by atoms with van der Waals surface area (Å²) in [6.45, 7) is -0.0882. The van der Waals surface area contributed by atoms with Crippen molar-refractivity contribution in [1.29, 1.82) is 5.26 Å². The van der Waals surface area contributed by atoms with Crippen LogP contribution in [0.3, 0.4) is 0 Å². The molecule has 4 aromatic rings. The van der Waals surface area contributed by atoms with Crippen LogP contribution in [-0.4, -0.2) is 41.5 Å². The molecular formula is C30H27ClN4O3. The van der Waals surface area contributed by atoms with E-state index in [0.717, 1.165) is 21.9 Å². The number of nitrogens with zero attached hydrogens (tertiary/aromatic N) is 3. The molecule has 0 radical (unpaired) electrons. The minimum Gasteiger partial charge on any atom is -0.483 e. The fraction of sp³-hybridized carbons (Fsp3) is 0.167. The normalized spacial score (nSPS) is 11.3. The van der Waals surface area contributed by atoms with Crippen LogP contribution in [0.1, 0.15) is 11.1 Å². The Labute approximate surface area is 226 Å². The van der Waals surface area contributed by atoms with E-state index in [2.05, 4.69) is 5.32 Å². The summed E-state index contributed by atoms with van der Waals surface area (Å²) in [7, 11) is 1.51. The highest BCUT2D eigenvalue weighted by atomic mass is 35.5. The first-order valence-electron chi connectivity index (χ1n) is 12.1. The summed E-state index contributed by atoms with van der Waals surface area (Å²) in [5, 5.41) is 17.5. The Morgan fingerprint density at radius 1 is 0.921 bits per heavy atom. The van der Waals surface area contributed by atoms with Gasteiger partial charge in [0.05, 0.1) is 6.54 Å². The molecule has 192 valence electrons. The minimum absolute atomic E-state index is 0.173. The van der Waals surface area contributed by atoms with E-state index >= 15 is 0 Å². The molecule has 0 saturated carbocycles. The third kappa shape index (κ3) is 6.81. The fourth-order valence-corrected chi connectivity index (χ4v) is 4.19. The van der Waals surface area contributed by atoms with Crippen LogP contribution in [0.4, 0.5) is 0 Å². The molecule has 0 unspecified atom stereocenters. The second-order valence-corrected chi connectivity index (χ2v) is 9.16. The first-order chi connectivity index (χ1) is 18.4. The van der Waals surface area contributed by atoms with E-state index in [1.165, 1.54) is 17.1 Å². The summed E-state index contributed by atoms with van der Waals surface area (Å²) in [5.74, 6) is -0.287. The molecule has 1 N–H and O–H groups in total. The van der Waals surface area contributed by atoms with Crippen molar-refractivity contribution in [2.75, 3.05) is 13.7 Å². The number of halogens is 1. The zero-order chi connectivity index (χ0) is 26.9.